The van der Waals surface area contributed by atoms with Gasteiger partial charge in [0.1, 0.15) is 12.4 Å². The molecule has 0 spiro atoms. The number of hydrogen-bond acceptors (Lipinski definition) is 9. The van der Waals surface area contributed by atoms with Gasteiger partial charge in [-0.05, 0) is 80.4 Å². The molecular weight excluding hydrogens is 596 g/mol. The lowest BCUT2D eigenvalue weighted by Gasteiger charge is -2.57. The highest BCUT2D eigenvalue weighted by Gasteiger charge is 2.70. The van der Waals surface area contributed by atoms with Crippen molar-refractivity contribution in [3.8, 4) is 0 Å². The van der Waals surface area contributed by atoms with Gasteiger partial charge >= 0.3 is 6.16 Å². The van der Waals surface area contributed by atoms with E-state index in [0.29, 0.717) is 30.7 Å². The summed E-state index contributed by atoms with van der Waals surface area (Å²) < 4.78 is 42.2. The van der Waals surface area contributed by atoms with Crippen molar-refractivity contribution in [3.05, 3.63) is 53.1 Å². The second kappa shape index (κ2) is 11.6. The lowest BCUT2D eigenvalue weighted by Crippen LogP contribution is -2.62. The predicted octanol–water partition coefficient (Wildman–Crippen LogP) is 5.79. The monoisotopic (exact) mass is 632 g/mol. The van der Waals surface area contributed by atoms with Crippen LogP contribution in [-0.4, -0.2) is 50.7 Å². The first-order valence-corrected chi connectivity index (χ1v) is 16.6. The Balaban J connectivity index is 1.46. The maximum Gasteiger partial charge on any atom is 0.509 e. The van der Waals surface area contributed by atoms with Crippen LogP contribution in [0.25, 0.3) is 0 Å². The number of unbranched alkanes of at least 4 members (excludes halogenated alkanes) is 1. The van der Waals surface area contributed by atoms with E-state index in [1.165, 1.54) is 30.3 Å². The van der Waals surface area contributed by atoms with Crippen molar-refractivity contribution >= 4 is 45.2 Å². The van der Waals surface area contributed by atoms with Crippen molar-refractivity contribution in [1.29, 1.82) is 0 Å². The Morgan fingerprint density at radius 3 is 2.51 bits per heavy atom. The summed E-state index contributed by atoms with van der Waals surface area (Å²) in [6.45, 7) is 4.94. The molecule has 43 heavy (non-hydrogen) atoms. The molecular formula is C32H37ClO9S. The summed E-state index contributed by atoms with van der Waals surface area (Å²) in [6.07, 6.45) is 7.15. The van der Waals surface area contributed by atoms with E-state index in [2.05, 4.69) is 0 Å². The first-order valence-electron chi connectivity index (χ1n) is 14.8. The Kier molecular flexibility index (Phi) is 8.52. The second-order valence-electron chi connectivity index (χ2n) is 12.5. The third kappa shape index (κ3) is 5.40. The number of hydrogen-bond donors (Lipinski definition) is 0. The van der Waals surface area contributed by atoms with Gasteiger partial charge in [-0.3, -0.25) is 18.6 Å². The van der Waals surface area contributed by atoms with Gasteiger partial charge in [-0.2, -0.15) is 8.42 Å². The molecule has 0 bridgehead atoms. The van der Waals surface area contributed by atoms with Gasteiger partial charge in [-0.1, -0.05) is 50.4 Å². The molecule has 9 nitrogen and oxygen atoms in total. The summed E-state index contributed by atoms with van der Waals surface area (Å²) in [5.41, 5.74) is -2.62. The van der Waals surface area contributed by atoms with Crippen molar-refractivity contribution in [2.45, 2.75) is 76.2 Å². The zero-order chi connectivity index (χ0) is 31.2. The number of carbonyl (C=O) groups excluding carboxylic acids is 4. The number of allylic oxidation sites excluding steroid dienone is 4. The third-order valence-corrected chi connectivity index (χ3v) is 11.8. The molecule has 0 amide bonds. The van der Waals surface area contributed by atoms with E-state index in [0.717, 1.165) is 12.0 Å². The first kappa shape index (κ1) is 31.6. The minimum atomic E-state index is -4.34. The van der Waals surface area contributed by atoms with Crippen LogP contribution in [-0.2, 0) is 38.2 Å². The average molecular weight is 633 g/mol. The minimum Gasteiger partial charge on any atom is -0.434 e. The fourth-order valence-electron chi connectivity index (χ4n) is 8.09. The molecule has 4 aliphatic rings. The molecule has 0 unspecified atom stereocenters. The quantitative estimate of drug-likeness (QED) is 0.188. The second-order valence-corrected chi connectivity index (χ2v) is 14.6. The Morgan fingerprint density at radius 2 is 1.81 bits per heavy atom. The molecule has 0 heterocycles. The van der Waals surface area contributed by atoms with Crippen molar-refractivity contribution in [2.24, 2.45) is 28.6 Å². The number of Topliss-reactive ketones (excluding diaryl/α,β-unsaturated/α-hetero) is 2. The first-order chi connectivity index (χ1) is 20.3. The standard InChI is InChI=1S/C32H37ClO9S/c1-4-5-16-40-29(37)42-32(27(36)19-41-43(38,39)23-9-7-21(33)8-10-23)15-13-25-24-11-6-20-17-22(34)12-14-30(20,2)28(24)26(35)18-31(25,32)3/h7-10,12,14,17,24-25,28H,4-6,11,13,15-16,18-19H2,1-3H3/t24-,25-,28+,30-,31-,32-/m0/s1. The van der Waals surface area contributed by atoms with Crippen LogP contribution in [0.1, 0.15) is 65.7 Å². The summed E-state index contributed by atoms with van der Waals surface area (Å²) >= 11 is 5.88. The Bertz CT molecular complexity index is 1500. The highest BCUT2D eigenvalue weighted by Crippen LogP contribution is 2.67. The van der Waals surface area contributed by atoms with Gasteiger partial charge in [0.15, 0.2) is 11.4 Å². The number of ether oxygens (including phenoxy) is 2. The molecule has 0 N–H and O–H groups in total. The molecule has 1 aromatic rings. The SMILES string of the molecule is CCCCOC(=O)O[C@]1(C(=O)COS(=O)(=O)c2ccc(Cl)cc2)CC[C@H]2[C@@H]3CCC4=CC(=O)C=C[C@]4(C)[C@H]3C(=O)C[C@@]21C. The van der Waals surface area contributed by atoms with E-state index in [1.807, 2.05) is 19.9 Å². The minimum absolute atomic E-state index is 0.0542. The van der Waals surface area contributed by atoms with Gasteiger partial charge in [0.25, 0.3) is 10.1 Å². The van der Waals surface area contributed by atoms with Crippen LogP contribution in [0.3, 0.4) is 0 Å². The van der Waals surface area contributed by atoms with Gasteiger partial charge in [0.2, 0.25) is 5.78 Å². The van der Waals surface area contributed by atoms with Gasteiger partial charge in [0.05, 0.1) is 11.5 Å². The molecule has 6 atom stereocenters. The van der Waals surface area contributed by atoms with Crippen molar-refractivity contribution in [3.63, 3.8) is 0 Å². The van der Waals surface area contributed by atoms with Crippen molar-refractivity contribution < 1.29 is 41.3 Å². The molecule has 0 aromatic heterocycles. The fraction of sp³-hybridized carbons (Fsp3) is 0.562. The van der Waals surface area contributed by atoms with E-state index in [1.54, 1.807) is 13.0 Å². The molecule has 0 radical (unpaired) electrons. The number of carbonyl (C=O) groups is 4. The fourth-order valence-corrected chi connectivity index (χ4v) is 9.08. The summed E-state index contributed by atoms with van der Waals surface area (Å²) in [5.74, 6) is -1.60. The Hall–Kier alpha value is -2.82. The molecule has 11 heteroatoms. The highest BCUT2D eigenvalue weighted by atomic mass is 35.5. The number of ketones is 3. The molecule has 3 fully saturated rings. The lowest BCUT2D eigenvalue weighted by molar-refractivity contribution is -0.172. The smallest absolute Gasteiger partial charge is 0.434 e. The molecule has 232 valence electrons. The predicted molar refractivity (Wildman–Crippen MR) is 157 cm³/mol. The maximum atomic E-state index is 14.1. The highest BCUT2D eigenvalue weighted by molar-refractivity contribution is 7.86. The lowest BCUT2D eigenvalue weighted by atomic mass is 9.46. The van der Waals surface area contributed by atoms with Crippen LogP contribution >= 0.6 is 11.6 Å². The van der Waals surface area contributed by atoms with Gasteiger partial charge in [-0.25, -0.2) is 4.79 Å². The molecule has 0 aliphatic heterocycles. The number of benzene rings is 1. The van der Waals surface area contributed by atoms with E-state index < -0.39 is 45.1 Å². The van der Waals surface area contributed by atoms with Crippen LogP contribution in [0, 0.1) is 28.6 Å². The van der Waals surface area contributed by atoms with Crippen LogP contribution in [0.4, 0.5) is 4.79 Å². The van der Waals surface area contributed by atoms with Crippen LogP contribution in [0.5, 0.6) is 0 Å². The average Bonchev–Trinajstić information content (AvgIpc) is 3.24. The largest absolute Gasteiger partial charge is 0.509 e. The molecule has 5 rings (SSSR count). The van der Waals surface area contributed by atoms with Crippen molar-refractivity contribution in [1.82, 2.24) is 0 Å². The molecule has 4 aliphatic carbocycles. The zero-order valence-electron chi connectivity index (χ0n) is 24.6. The molecule has 0 saturated heterocycles. The number of halogens is 1. The van der Waals surface area contributed by atoms with Gasteiger partial charge < -0.3 is 9.47 Å². The van der Waals surface area contributed by atoms with E-state index in [-0.39, 0.29) is 53.7 Å². The summed E-state index contributed by atoms with van der Waals surface area (Å²) in [7, 11) is -4.34. The van der Waals surface area contributed by atoms with Gasteiger partial charge in [0, 0.05) is 28.2 Å². The van der Waals surface area contributed by atoms with Gasteiger partial charge in [-0.15, -0.1) is 0 Å². The van der Waals surface area contributed by atoms with Crippen molar-refractivity contribution in [2.75, 3.05) is 13.2 Å². The van der Waals surface area contributed by atoms with E-state index >= 15 is 0 Å². The topological polar surface area (TPSA) is 130 Å². The third-order valence-electron chi connectivity index (χ3n) is 10.3. The normalized spacial score (nSPS) is 33.2. The summed E-state index contributed by atoms with van der Waals surface area (Å²) in [5, 5.41) is 0.337. The summed E-state index contributed by atoms with van der Waals surface area (Å²) in [4.78, 5) is 53.1. The Labute approximate surface area is 257 Å². The summed E-state index contributed by atoms with van der Waals surface area (Å²) in [6, 6.07) is 5.33. The van der Waals surface area contributed by atoms with E-state index in [4.69, 9.17) is 25.3 Å². The molecule has 1 aromatic carbocycles. The number of fused-ring (bicyclic) bond motifs is 5. The van der Waals surface area contributed by atoms with Crippen LogP contribution in [0.2, 0.25) is 5.02 Å². The Morgan fingerprint density at radius 1 is 1.09 bits per heavy atom. The van der Waals surface area contributed by atoms with Crippen LogP contribution < -0.4 is 0 Å². The molecule has 3 saturated carbocycles. The zero-order valence-corrected chi connectivity index (χ0v) is 26.2. The maximum absolute atomic E-state index is 14.1. The van der Waals surface area contributed by atoms with Crippen LogP contribution in [0.15, 0.2) is 53.0 Å². The number of rotatable bonds is 9. The van der Waals surface area contributed by atoms with E-state index in [9.17, 15) is 27.6 Å².